The van der Waals surface area contributed by atoms with Crippen LogP contribution in [0.2, 0.25) is 0 Å². The van der Waals surface area contributed by atoms with Gasteiger partial charge in [-0.3, -0.25) is 33.7 Å². The van der Waals surface area contributed by atoms with E-state index >= 15 is 0 Å². The molecule has 11 nitrogen and oxygen atoms in total. The van der Waals surface area contributed by atoms with E-state index in [0.29, 0.717) is 0 Å². The third kappa shape index (κ3) is 4.49. The van der Waals surface area contributed by atoms with Crippen LogP contribution >= 0.6 is 0 Å². The van der Waals surface area contributed by atoms with Crippen LogP contribution in [0.15, 0.2) is 12.2 Å². The Hall–Kier alpha value is -3.24. The van der Waals surface area contributed by atoms with Gasteiger partial charge in [-0.15, -0.1) is 0 Å². The number of hydrogen-bond donors (Lipinski definition) is 1. The van der Waals surface area contributed by atoms with Crippen molar-refractivity contribution in [2.75, 3.05) is 6.54 Å². The van der Waals surface area contributed by atoms with Gasteiger partial charge in [0.05, 0.1) is 0 Å². The number of carbonyl (C=O) groups is 6. The summed E-state index contributed by atoms with van der Waals surface area (Å²) in [6, 6.07) is 0. The lowest BCUT2D eigenvalue weighted by Gasteiger charge is -2.29. The molecule has 0 bridgehead atoms. The van der Waals surface area contributed by atoms with E-state index in [1.165, 1.54) is 0 Å². The lowest BCUT2D eigenvalue weighted by molar-refractivity contribution is -0.181. The molecule has 0 saturated carbocycles. The van der Waals surface area contributed by atoms with Gasteiger partial charge >= 0.3 is 12.1 Å². The number of nitrogens with zero attached hydrogens (tertiary/aromatic N) is 2. The molecule has 0 aromatic rings. The molecule has 2 unspecified atom stereocenters. The SMILES string of the molecule is CC(C)C(OC(=O)ON1C(=O)CCC1=O)C(CN1C(=O)C=CC1=O)C(=O)O. The lowest BCUT2D eigenvalue weighted by atomic mass is 9.92. The van der Waals surface area contributed by atoms with Crippen LogP contribution in [0.25, 0.3) is 0 Å². The first-order chi connectivity index (χ1) is 12.6. The van der Waals surface area contributed by atoms with Gasteiger partial charge in [-0.05, 0) is 5.92 Å². The Kier molecular flexibility index (Phi) is 5.93. The number of hydrogen-bond acceptors (Lipinski definition) is 8. The molecule has 146 valence electrons. The zero-order chi connectivity index (χ0) is 20.3. The second-order valence-corrected chi connectivity index (χ2v) is 6.31. The largest absolute Gasteiger partial charge is 0.534 e. The average molecular weight is 382 g/mol. The van der Waals surface area contributed by atoms with Gasteiger partial charge in [0, 0.05) is 31.5 Å². The third-order valence-electron chi connectivity index (χ3n) is 4.05. The van der Waals surface area contributed by atoms with Gasteiger partial charge in [-0.1, -0.05) is 18.9 Å². The normalized spacial score (nSPS) is 19.1. The van der Waals surface area contributed by atoms with Gasteiger partial charge in [-0.2, -0.15) is 0 Å². The molecule has 0 aromatic carbocycles. The number of amides is 4. The second-order valence-electron chi connectivity index (χ2n) is 6.31. The summed E-state index contributed by atoms with van der Waals surface area (Å²) in [5, 5.41) is 9.76. The van der Waals surface area contributed by atoms with Gasteiger partial charge in [0.1, 0.15) is 12.0 Å². The van der Waals surface area contributed by atoms with Gasteiger partial charge < -0.3 is 9.84 Å². The minimum atomic E-state index is -1.43. The summed E-state index contributed by atoms with van der Waals surface area (Å²) in [6.45, 7) is 2.61. The molecule has 2 heterocycles. The molecule has 0 radical (unpaired) electrons. The number of imide groups is 2. The molecule has 1 N–H and O–H groups in total. The van der Waals surface area contributed by atoms with Crippen molar-refractivity contribution >= 4 is 35.8 Å². The lowest BCUT2D eigenvalue weighted by Crippen LogP contribution is -2.46. The van der Waals surface area contributed by atoms with Crippen molar-refractivity contribution in [2.45, 2.75) is 32.8 Å². The molecule has 1 fully saturated rings. The number of carbonyl (C=O) groups excluding carboxylic acids is 5. The molecule has 27 heavy (non-hydrogen) atoms. The van der Waals surface area contributed by atoms with Gasteiger partial charge in [0.15, 0.2) is 0 Å². The average Bonchev–Trinajstić information content (AvgIpc) is 3.06. The van der Waals surface area contributed by atoms with E-state index in [2.05, 4.69) is 4.84 Å². The van der Waals surface area contributed by atoms with E-state index in [1.54, 1.807) is 13.8 Å². The number of carboxylic acid groups (broad SMARTS) is 1. The van der Waals surface area contributed by atoms with E-state index in [0.717, 1.165) is 17.1 Å². The Morgan fingerprint density at radius 3 is 2.04 bits per heavy atom. The molecule has 0 spiro atoms. The molecule has 4 amide bonds. The highest BCUT2D eigenvalue weighted by Crippen LogP contribution is 2.22. The van der Waals surface area contributed by atoms with Crippen LogP contribution in [-0.2, 0) is 33.5 Å². The zero-order valence-electron chi connectivity index (χ0n) is 14.6. The minimum absolute atomic E-state index is 0.107. The van der Waals surface area contributed by atoms with E-state index in [9.17, 15) is 33.9 Å². The molecule has 1 saturated heterocycles. The van der Waals surface area contributed by atoms with Crippen LogP contribution < -0.4 is 0 Å². The van der Waals surface area contributed by atoms with Gasteiger partial charge in [-0.25, -0.2) is 4.79 Å². The van der Waals surface area contributed by atoms with Crippen LogP contribution in [0.5, 0.6) is 0 Å². The highest BCUT2D eigenvalue weighted by molar-refractivity contribution is 6.13. The van der Waals surface area contributed by atoms with Crippen LogP contribution in [-0.4, -0.2) is 63.5 Å². The van der Waals surface area contributed by atoms with Crippen molar-refractivity contribution in [2.24, 2.45) is 11.8 Å². The number of hydroxylamine groups is 2. The van der Waals surface area contributed by atoms with E-state index < -0.39 is 60.2 Å². The van der Waals surface area contributed by atoms with E-state index in [1.807, 2.05) is 0 Å². The summed E-state index contributed by atoms with van der Waals surface area (Å²) in [7, 11) is 0. The number of ether oxygens (including phenoxy) is 1. The Morgan fingerprint density at radius 1 is 1.07 bits per heavy atom. The molecule has 11 heteroatoms. The summed E-state index contributed by atoms with van der Waals surface area (Å²) in [5.41, 5.74) is 0. The summed E-state index contributed by atoms with van der Waals surface area (Å²) in [5.74, 6) is -6.16. The smallest absolute Gasteiger partial charge is 0.481 e. The van der Waals surface area contributed by atoms with Crippen LogP contribution in [0.3, 0.4) is 0 Å². The molecular weight excluding hydrogens is 364 g/mol. The Balaban J connectivity index is 2.10. The van der Waals surface area contributed by atoms with Crippen molar-refractivity contribution in [3.8, 4) is 0 Å². The number of rotatable bonds is 7. The van der Waals surface area contributed by atoms with Crippen molar-refractivity contribution in [1.82, 2.24) is 9.96 Å². The number of aliphatic carboxylic acids is 1. The maximum absolute atomic E-state index is 12.0. The van der Waals surface area contributed by atoms with Gasteiger partial charge in [0.2, 0.25) is 0 Å². The van der Waals surface area contributed by atoms with Crippen LogP contribution in [0.4, 0.5) is 4.79 Å². The third-order valence-corrected chi connectivity index (χ3v) is 4.05. The zero-order valence-corrected chi connectivity index (χ0v) is 14.6. The van der Waals surface area contributed by atoms with Crippen molar-refractivity contribution in [3.05, 3.63) is 12.2 Å². The summed E-state index contributed by atoms with van der Waals surface area (Å²) < 4.78 is 5.02. The Bertz CT molecular complexity index is 693. The molecular formula is C16H18N2O9. The van der Waals surface area contributed by atoms with Crippen LogP contribution in [0.1, 0.15) is 26.7 Å². The fourth-order valence-electron chi connectivity index (χ4n) is 2.68. The first kappa shape index (κ1) is 20.1. The minimum Gasteiger partial charge on any atom is -0.481 e. The summed E-state index contributed by atoms with van der Waals surface area (Å²) in [4.78, 5) is 75.2. The quantitative estimate of drug-likeness (QED) is 0.469. The molecule has 2 aliphatic heterocycles. The molecule has 2 aliphatic rings. The molecule has 2 atom stereocenters. The maximum Gasteiger partial charge on any atom is 0.534 e. The Morgan fingerprint density at radius 2 is 1.59 bits per heavy atom. The fourth-order valence-corrected chi connectivity index (χ4v) is 2.68. The monoisotopic (exact) mass is 382 g/mol. The molecule has 2 rings (SSSR count). The van der Waals surface area contributed by atoms with Crippen LogP contribution in [0, 0.1) is 11.8 Å². The van der Waals surface area contributed by atoms with E-state index in [4.69, 9.17) is 4.74 Å². The van der Waals surface area contributed by atoms with Gasteiger partial charge in [0.25, 0.3) is 23.6 Å². The summed E-state index contributed by atoms with van der Waals surface area (Å²) >= 11 is 0. The standard InChI is InChI=1S/C16H18N2O9/c1-8(2)14(26-16(25)27-18-12(21)5-6-13(18)22)9(15(23)24)7-17-10(19)3-4-11(17)20/h3-4,8-9,14H,5-7H2,1-2H3,(H,23,24). The molecule has 0 aliphatic carbocycles. The molecule has 0 aromatic heterocycles. The second kappa shape index (κ2) is 7.98. The topological polar surface area (TPSA) is 148 Å². The predicted molar refractivity (Wildman–Crippen MR) is 84.3 cm³/mol. The fraction of sp³-hybridized carbons (Fsp3) is 0.500. The van der Waals surface area contributed by atoms with Crippen molar-refractivity contribution in [3.63, 3.8) is 0 Å². The highest BCUT2D eigenvalue weighted by Gasteiger charge is 2.40. The first-order valence-corrected chi connectivity index (χ1v) is 8.12. The first-order valence-electron chi connectivity index (χ1n) is 8.12. The predicted octanol–water partition coefficient (Wildman–Crippen LogP) is -0.146. The highest BCUT2D eigenvalue weighted by atomic mass is 16.8. The number of carboxylic acids is 1. The van der Waals surface area contributed by atoms with Crippen molar-refractivity contribution in [1.29, 1.82) is 0 Å². The Labute approximate surface area is 153 Å². The maximum atomic E-state index is 12.0. The summed E-state index contributed by atoms with van der Waals surface area (Å²) in [6.07, 6.45) is -0.922. The van der Waals surface area contributed by atoms with Crippen molar-refractivity contribution < 1.29 is 43.4 Å². The van der Waals surface area contributed by atoms with E-state index in [-0.39, 0.29) is 17.9 Å².